The molecule has 0 amide bonds. The molecule has 0 fully saturated rings. The molecule has 0 bridgehead atoms. The summed E-state index contributed by atoms with van der Waals surface area (Å²) in [5.74, 6) is 0.524. The van der Waals surface area contributed by atoms with Crippen LogP contribution < -0.4 is 4.74 Å². The number of alkyl halides is 2. The monoisotopic (exact) mass is 552 g/mol. The Balaban J connectivity index is 2.28. The predicted octanol–water partition coefficient (Wildman–Crippen LogP) is 6.30. The molecule has 0 saturated heterocycles. The summed E-state index contributed by atoms with van der Waals surface area (Å²) in [4.78, 5) is 12.2. The number of Topliss-reactive ketones (excluding diaryl/α,β-unsaturated/α-hetero) is 1. The fourth-order valence-corrected chi connectivity index (χ4v) is 3.69. The van der Waals surface area contributed by atoms with Crippen LogP contribution >= 0.6 is 63.7 Å². The smallest absolute Gasteiger partial charge is 0.181 e. The number of carbonyl (C=O) groups is 1. The molecule has 2 atom stereocenters. The lowest BCUT2D eigenvalue weighted by molar-refractivity contribution is 0.0988. The Morgan fingerprint density at radius 2 is 1.59 bits per heavy atom. The maximum Gasteiger partial charge on any atom is 0.181 e. The van der Waals surface area contributed by atoms with Crippen LogP contribution in [0.15, 0.2) is 51.4 Å². The van der Waals surface area contributed by atoms with Gasteiger partial charge in [-0.3, -0.25) is 4.79 Å². The third-order valence-electron chi connectivity index (χ3n) is 3.12. The zero-order valence-corrected chi connectivity index (χ0v) is 17.9. The number of hydrogen-bond donors (Lipinski definition) is 0. The average Bonchev–Trinajstić information content (AvgIpc) is 2.53. The van der Waals surface area contributed by atoms with Gasteiger partial charge in [-0.05, 0) is 35.9 Å². The molecule has 0 radical (unpaired) electrons. The van der Waals surface area contributed by atoms with Crippen molar-refractivity contribution in [1.29, 1.82) is 0 Å². The zero-order valence-electron chi connectivity index (χ0n) is 11.5. The molecule has 0 heterocycles. The van der Waals surface area contributed by atoms with Crippen LogP contribution in [-0.4, -0.2) is 17.7 Å². The standard InChI is InChI=1S/C16H12Br4O2/c1-22-13-7-6-11(18)8-12(13)16(21)15(20)14(19)9-2-4-10(17)5-3-9/h2-8,14-15H,1H3. The number of benzene rings is 2. The Labute approximate surface area is 163 Å². The van der Waals surface area contributed by atoms with Gasteiger partial charge in [-0.1, -0.05) is 75.9 Å². The van der Waals surface area contributed by atoms with Crippen LogP contribution in [-0.2, 0) is 0 Å². The topological polar surface area (TPSA) is 26.3 Å². The zero-order chi connectivity index (χ0) is 16.3. The van der Waals surface area contributed by atoms with E-state index < -0.39 is 4.83 Å². The highest BCUT2D eigenvalue weighted by molar-refractivity contribution is 9.12. The maximum absolute atomic E-state index is 12.8. The molecule has 0 aromatic heterocycles. The SMILES string of the molecule is COc1ccc(Br)cc1C(=O)C(Br)C(Br)c1ccc(Br)cc1. The molecule has 2 aromatic rings. The van der Waals surface area contributed by atoms with Crippen LogP contribution in [0.1, 0.15) is 20.7 Å². The molecule has 2 aromatic carbocycles. The van der Waals surface area contributed by atoms with Crippen LogP contribution in [0.5, 0.6) is 5.75 Å². The minimum Gasteiger partial charge on any atom is -0.496 e. The largest absolute Gasteiger partial charge is 0.496 e. The summed E-state index contributed by atoms with van der Waals surface area (Å²) in [6, 6.07) is 13.3. The van der Waals surface area contributed by atoms with Crippen LogP contribution in [0.25, 0.3) is 0 Å². The van der Waals surface area contributed by atoms with Gasteiger partial charge < -0.3 is 4.74 Å². The van der Waals surface area contributed by atoms with Gasteiger partial charge in [0, 0.05) is 8.95 Å². The number of ketones is 1. The summed E-state index contributed by atoms with van der Waals surface area (Å²) in [7, 11) is 1.56. The Morgan fingerprint density at radius 1 is 1.00 bits per heavy atom. The number of halogens is 4. The van der Waals surface area contributed by atoms with Crippen molar-refractivity contribution in [3.05, 3.63) is 62.5 Å². The first-order chi connectivity index (χ1) is 10.4. The molecule has 2 unspecified atom stereocenters. The minimum absolute atomic E-state index is 0.0389. The van der Waals surface area contributed by atoms with Gasteiger partial charge in [0.15, 0.2) is 5.78 Å². The molecule has 2 rings (SSSR count). The van der Waals surface area contributed by atoms with E-state index in [1.54, 1.807) is 19.2 Å². The number of rotatable bonds is 5. The van der Waals surface area contributed by atoms with Crippen molar-refractivity contribution in [1.82, 2.24) is 0 Å². The highest BCUT2D eigenvalue weighted by Crippen LogP contribution is 2.36. The Bertz CT molecular complexity index is 670. The van der Waals surface area contributed by atoms with E-state index in [-0.39, 0.29) is 10.6 Å². The molecular weight excluding hydrogens is 544 g/mol. The van der Waals surface area contributed by atoms with E-state index in [1.165, 1.54) is 0 Å². The Kier molecular flexibility index (Phi) is 6.68. The molecule has 6 heteroatoms. The third kappa shape index (κ3) is 4.22. The Morgan fingerprint density at radius 3 is 2.18 bits per heavy atom. The summed E-state index contributed by atoms with van der Waals surface area (Å²) in [6.07, 6.45) is 0. The number of hydrogen-bond acceptors (Lipinski definition) is 2. The fourth-order valence-electron chi connectivity index (χ4n) is 1.97. The predicted molar refractivity (Wildman–Crippen MR) is 104 cm³/mol. The fraction of sp³-hybridized carbons (Fsp3) is 0.188. The number of carbonyl (C=O) groups excluding carboxylic acids is 1. The van der Waals surface area contributed by atoms with Crippen molar-refractivity contribution in [2.45, 2.75) is 9.65 Å². The summed E-state index contributed by atoms with van der Waals surface area (Å²) in [6.45, 7) is 0. The maximum atomic E-state index is 12.8. The van der Waals surface area contributed by atoms with Crippen molar-refractivity contribution in [2.75, 3.05) is 7.11 Å². The van der Waals surface area contributed by atoms with E-state index >= 15 is 0 Å². The van der Waals surface area contributed by atoms with Gasteiger partial charge in [0.1, 0.15) is 5.75 Å². The molecule has 2 nitrogen and oxygen atoms in total. The van der Waals surface area contributed by atoms with Crippen molar-refractivity contribution in [3.63, 3.8) is 0 Å². The third-order valence-corrected chi connectivity index (χ3v) is 6.86. The molecule has 116 valence electrons. The van der Waals surface area contributed by atoms with Gasteiger partial charge >= 0.3 is 0 Å². The van der Waals surface area contributed by atoms with Crippen LogP contribution in [0.4, 0.5) is 0 Å². The van der Waals surface area contributed by atoms with Gasteiger partial charge in [-0.25, -0.2) is 0 Å². The van der Waals surface area contributed by atoms with Gasteiger partial charge in [-0.2, -0.15) is 0 Å². The van der Waals surface area contributed by atoms with E-state index in [0.717, 1.165) is 14.5 Å². The molecule has 0 spiro atoms. The molecule has 22 heavy (non-hydrogen) atoms. The summed E-state index contributed by atoms with van der Waals surface area (Å²) >= 11 is 13.9. The number of ether oxygens (including phenoxy) is 1. The van der Waals surface area contributed by atoms with Crippen molar-refractivity contribution in [3.8, 4) is 5.75 Å². The van der Waals surface area contributed by atoms with E-state index in [0.29, 0.717) is 11.3 Å². The van der Waals surface area contributed by atoms with Crippen LogP contribution in [0.2, 0.25) is 0 Å². The number of methoxy groups -OCH3 is 1. The minimum atomic E-state index is -0.406. The highest BCUT2D eigenvalue weighted by atomic mass is 79.9. The second kappa shape index (κ2) is 8.08. The molecule has 0 aliphatic heterocycles. The van der Waals surface area contributed by atoms with Gasteiger partial charge in [0.2, 0.25) is 0 Å². The molecular formula is C16H12Br4O2. The van der Waals surface area contributed by atoms with Crippen molar-refractivity contribution < 1.29 is 9.53 Å². The highest BCUT2D eigenvalue weighted by Gasteiger charge is 2.28. The second-order valence-electron chi connectivity index (χ2n) is 4.56. The van der Waals surface area contributed by atoms with E-state index in [9.17, 15) is 4.79 Å². The molecule has 0 saturated carbocycles. The molecule has 0 aliphatic rings. The van der Waals surface area contributed by atoms with Crippen LogP contribution in [0.3, 0.4) is 0 Å². The Hall–Kier alpha value is -0.170. The average molecular weight is 556 g/mol. The van der Waals surface area contributed by atoms with E-state index in [4.69, 9.17) is 4.74 Å². The van der Waals surface area contributed by atoms with Crippen LogP contribution in [0, 0.1) is 0 Å². The normalized spacial score (nSPS) is 13.5. The lowest BCUT2D eigenvalue weighted by Gasteiger charge is -2.18. The van der Waals surface area contributed by atoms with Gasteiger partial charge in [0.05, 0.1) is 22.3 Å². The first kappa shape index (κ1) is 18.2. The first-order valence-corrected chi connectivity index (χ1v) is 9.77. The first-order valence-electron chi connectivity index (χ1n) is 6.35. The van der Waals surface area contributed by atoms with Gasteiger partial charge in [-0.15, -0.1) is 0 Å². The molecule has 0 aliphatic carbocycles. The van der Waals surface area contributed by atoms with Crippen molar-refractivity contribution in [2.24, 2.45) is 0 Å². The van der Waals surface area contributed by atoms with Crippen molar-refractivity contribution >= 4 is 69.5 Å². The quantitative estimate of drug-likeness (QED) is 0.320. The van der Waals surface area contributed by atoms with Gasteiger partial charge in [0.25, 0.3) is 0 Å². The van der Waals surface area contributed by atoms with E-state index in [2.05, 4.69) is 63.7 Å². The summed E-state index contributed by atoms with van der Waals surface area (Å²) in [5.41, 5.74) is 1.56. The lowest BCUT2D eigenvalue weighted by Crippen LogP contribution is -2.20. The summed E-state index contributed by atoms with van der Waals surface area (Å²) in [5, 5.41) is 0. The second-order valence-corrected chi connectivity index (χ2v) is 8.37. The lowest BCUT2D eigenvalue weighted by atomic mass is 10.0. The summed E-state index contributed by atoms with van der Waals surface area (Å²) < 4.78 is 7.13. The molecule has 0 N–H and O–H groups in total. The van der Waals surface area contributed by atoms with E-state index in [1.807, 2.05) is 30.3 Å².